The Kier molecular flexibility index (Phi) is 8.58. The summed E-state index contributed by atoms with van der Waals surface area (Å²) >= 11 is 0. The molecule has 0 radical (unpaired) electrons. The molecule has 1 saturated heterocycles. The highest BCUT2D eigenvalue weighted by Crippen LogP contribution is 2.25. The van der Waals surface area contributed by atoms with Crippen molar-refractivity contribution in [1.82, 2.24) is 0 Å². The van der Waals surface area contributed by atoms with E-state index in [-0.39, 0.29) is 10.5 Å². The van der Waals surface area contributed by atoms with Crippen LogP contribution in [0.2, 0.25) is 0 Å². The molecule has 1 aliphatic heterocycles. The fraction of sp³-hybridized carbons (Fsp3) is 0.188. The summed E-state index contributed by atoms with van der Waals surface area (Å²) in [6, 6.07) is 28.0. The van der Waals surface area contributed by atoms with Crippen molar-refractivity contribution in [2.45, 2.75) is 18.4 Å². The number of pyridine rings is 1. The minimum absolute atomic E-state index is 0.178. The van der Waals surface area contributed by atoms with Crippen molar-refractivity contribution in [1.29, 1.82) is 0 Å². The van der Waals surface area contributed by atoms with Crippen molar-refractivity contribution in [3.8, 4) is 11.1 Å². The van der Waals surface area contributed by atoms with E-state index in [1.165, 1.54) is 17.7 Å². The van der Waals surface area contributed by atoms with E-state index in [0.717, 1.165) is 55.0 Å². The van der Waals surface area contributed by atoms with Crippen LogP contribution in [0.3, 0.4) is 0 Å². The average molecular weight is 571 g/mol. The molecule has 2 aromatic heterocycles. The van der Waals surface area contributed by atoms with Crippen molar-refractivity contribution in [3.05, 3.63) is 125 Å². The number of aromatic nitrogens is 1. The van der Waals surface area contributed by atoms with Crippen LogP contribution < -0.4 is 15.1 Å². The predicted octanol–water partition coefficient (Wildman–Crippen LogP) is 4.53. The van der Waals surface area contributed by atoms with E-state index >= 15 is 0 Å². The lowest BCUT2D eigenvalue weighted by Gasteiger charge is -2.28. The average Bonchev–Trinajstić information content (AvgIpc) is 2.98. The number of aryl methyl sites for hydroxylation is 1. The minimum atomic E-state index is -4.27. The topological polar surface area (TPSA) is 104 Å². The van der Waals surface area contributed by atoms with Crippen LogP contribution in [0, 0.1) is 6.92 Å². The normalized spacial score (nSPS) is 13.5. The highest BCUT2D eigenvalue weighted by Gasteiger charge is 2.14. The standard InChI is InChI=1S/C25H23N2O3.C7H8O3S/c28-25-23(20-8-10-26(11-9-20)18-19-4-2-1-3-5-19)16-21-6-7-22(17-24(21)30-25)27-12-14-29-15-13-27;1-6-2-4-7(5-3-6)11(8,9)10/h1-11,16-17H,12-15,18H2;2-5H,1H3,(H,8,9,10)/q+1;/p-1. The van der Waals surface area contributed by atoms with E-state index in [4.69, 9.17) is 9.15 Å². The smallest absolute Gasteiger partial charge is 0.344 e. The molecule has 1 fully saturated rings. The molecule has 210 valence electrons. The molecule has 0 aliphatic carbocycles. The van der Waals surface area contributed by atoms with Gasteiger partial charge in [0.05, 0.1) is 23.7 Å². The zero-order chi connectivity index (χ0) is 28.8. The van der Waals surface area contributed by atoms with Crippen molar-refractivity contribution in [2.75, 3.05) is 31.2 Å². The molecule has 0 spiro atoms. The number of fused-ring (bicyclic) bond motifs is 1. The lowest BCUT2D eigenvalue weighted by Crippen LogP contribution is -2.36. The molecule has 41 heavy (non-hydrogen) atoms. The molecule has 1 aliphatic rings. The largest absolute Gasteiger partial charge is 0.744 e. The second-order valence-corrected chi connectivity index (χ2v) is 11.2. The molecular formula is C32H30N2O6S. The van der Waals surface area contributed by atoms with Gasteiger partial charge in [-0.2, -0.15) is 0 Å². The number of hydrogen-bond donors (Lipinski definition) is 0. The summed E-state index contributed by atoms with van der Waals surface area (Å²) in [7, 11) is -4.27. The van der Waals surface area contributed by atoms with Gasteiger partial charge >= 0.3 is 5.63 Å². The first-order valence-electron chi connectivity index (χ1n) is 13.2. The zero-order valence-corrected chi connectivity index (χ0v) is 23.4. The van der Waals surface area contributed by atoms with Gasteiger partial charge in [0.1, 0.15) is 15.7 Å². The second kappa shape index (κ2) is 12.5. The lowest BCUT2D eigenvalue weighted by atomic mass is 10.1. The fourth-order valence-corrected chi connectivity index (χ4v) is 5.03. The third-order valence-corrected chi connectivity index (χ3v) is 7.67. The molecule has 8 nitrogen and oxygen atoms in total. The van der Waals surface area contributed by atoms with Gasteiger partial charge < -0.3 is 18.6 Å². The van der Waals surface area contributed by atoms with Crippen molar-refractivity contribution < 1.29 is 26.7 Å². The van der Waals surface area contributed by atoms with Gasteiger partial charge in [-0.1, -0.05) is 48.0 Å². The van der Waals surface area contributed by atoms with E-state index in [1.54, 1.807) is 12.1 Å². The van der Waals surface area contributed by atoms with Crippen LogP contribution in [0.1, 0.15) is 11.1 Å². The predicted molar refractivity (Wildman–Crippen MR) is 156 cm³/mol. The van der Waals surface area contributed by atoms with Crippen molar-refractivity contribution >= 4 is 26.8 Å². The zero-order valence-electron chi connectivity index (χ0n) is 22.6. The Morgan fingerprint density at radius 3 is 2.22 bits per heavy atom. The Bertz CT molecular complexity index is 1780. The van der Waals surface area contributed by atoms with E-state index in [9.17, 15) is 17.8 Å². The van der Waals surface area contributed by atoms with Gasteiger partial charge in [-0.05, 0) is 37.3 Å². The van der Waals surface area contributed by atoms with Gasteiger partial charge in [0, 0.05) is 53.5 Å². The molecular weight excluding hydrogens is 540 g/mol. The molecule has 0 atom stereocenters. The Hall–Kier alpha value is -4.31. The summed E-state index contributed by atoms with van der Waals surface area (Å²) in [5, 5.41) is 0.919. The van der Waals surface area contributed by atoms with E-state index < -0.39 is 10.1 Å². The molecule has 5 aromatic rings. The van der Waals surface area contributed by atoms with Gasteiger partial charge in [0.25, 0.3) is 0 Å². The first-order chi connectivity index (χ1) is 19.8. The Labute approximate surface area is 238 Å². The summed E-state index contributed by atoms with van der Waals surface area (Å²) in [6.45, 7) is 5.75. The number of ether oxygens (including phenoxy) is 1. The summed E-state index contributed by atoms with van der Waals surface area (Å²) in [5.74, 6) is 0. The number of morpholine rings is 1. The number of benzene rings is 3. The maximum atomic E-state index is 12.7. The van der Waals surface area contributed by atoms with Gasteiger partial charge in [-0.25, -0.2) is 17.8 Å². The Balaban J connectivity index is 0.000000259. The van der Waals surface area contributed by atoms with Crippen LogP contribution in [-0.2, 0) is 21.4 Å². The van der Waals surface area contributed by atoms with Crippen LogP contribution in [0.4, 0.5) is 5.69 Å². The SMILES string of the molecule is Cc1ccc(S(=O)(=O)[O-])cc1.O=c1oc2cc(N3CCOCC3)ccc2cc1-c1cc[n+](Cc2ccccc2)cc1. The summed E-state index contributed by atoms with van der Waals surface area (Å²) < 4.78 is 44.4. The summed E-state index contributed by atoms with van der Waals surface area (Å²) in [4.78, 5) is 14.8. The molecule has 0 amide bonds. The number of rotatable bonds is 5. The quantitative estimate of drug-likeness (QED) is 0.174. The number of nitrogens with zero attached hydrogens (tertiary/aromatic N) is 2. The number of anilines is 1. The van der Waals surface area contributed by atoms with Gasteiger partial charge in [-0.3, -0.25) is 0 Å². The molecule has 3 aromatic carbocycles. The van der Waals surface area contributed by atoms with E-state index in [0.29, 0.717) is 11.1 Å². The molecule has 0 unspecified atom stereocenters. The van der Waals surface area contributed by atoms with Crippen molar-refractivity contribution in [2.24, 2.45) is 0 Å². The Morgan fingerprint density at radius 2 is 1.56 bits per heavy atom. The van der Waals surface area contributed by atoms with Crippen LogP contribution in [0.15, 0.2) is 117 Å². The summed E-state index contributed by atoms with van der Waals surface area (Å²) in [5.41, 5.74) is 4.95. The molecule has 9 heteroatoms. The van der Waals surface area contributed by atoms with Crippen molar-refractivity contribution in [3.63, 3.8) is 0 Å². The van der Waals surface area contributed by atoms with Gasteiger partial charge in [-0.15, -0.1) is 0 Å². The fourth-order valence-electron chi connectivity index (χ4n) is 4.56. The van der Waals surface area contributed by atoms with Gasteiger partial charge in [0.2, 0.25) is 0 Å². The lowest BCUT2D eigenvalue weighted by molar-refractivity contribution is -0.688. The second-order valence-electron chi connectivity index (χ2n) is 9.78. The molecule has 0 N–H and O–H groups in total. The highest BCUT2D eigenvalue weighted by molar-refractivity contribution is 7.85. The summed E-state index contributed by atoms with van der Waals surface area (Å²) in [6.07, 6.45) is 3.99. The highest BCUT2D eigenvalue weighted by atomic mass is 32.2. The molecule has 0 bridgehead atoms. The maximum Gasteiger partial charge on any atom is 0.344 e. The molecule has 6 rings (SSSR count). The number of hydrogen-bond acceptors (Lipinski definition) is 7. The third-order valence-electron chi connectivity index (χ3n) is 6.82. The molecule has 3 heterocycles. The minimum Gasteiger partial charge on any atom is -0.744 e. The monoisotopic (exact) mass is 570 g/mol. The van der Waals surface area contributed by atoms with Gasteiger partial charge in [0.15, 0.2) is 18.9 Å². The van der Waals surface area contributed by atoms with Crippen LogP contribution in [0.5, 0.6) is 0 Å². The Morgan fingerprint density at radius 1 is 0.878 bits per heavy atom. The van der Waals surface area contributed by atoms with Crippen LogP contribution in [-0.4, -0.2) is 39.3 Å². The maximum absolute atomic E-state index is 12.7. The third kappa shape index (κ3) is 7.26. The van der Waals surface area contributed by atoms with Crippen LogP contribution >= 0.6 is 0 Å². The first-order valence-corrected chi connectivity index (χ1v) is 14.6. The van der Waals surface area contributed by atoms with E-state index in [2.05, 4.69) is 27.7 Å². The van der Waals surface area contributed by atoms with E-state index in [1.807, 2.05) is 67.8 Å². The first kappa shape index (κ1) is 28.2. The molecule has 0 saturated carbocycles. The van der Waals surface area contributed by atoms with Crippen LogP contribution in [0.25, 0.3) is 22.1 Å².